The highest BCUT2D eigenvalue weighted by Crippen LogP contribution is 2.47. The van der Waals surface area contributed by atoms with Gasteiger partial charge < -0.3 is 15.3 Å². The minimum Gasteiger partial charge on any atom is -0.507 e. The van der Waals surface area contributed by atoms with Crippen LogP contribution in [0.15, 0.2) is 51.1 Å². The minimum absolute atomic E-state index is 0.201. The van der Waals surface area contributed by atoms with Crippen molar-refractivity contribution in [3.63, 3.8) is 0 Å². The van der Waals surface area contributed by atoms with Gasteiger partial charge in [-0.05, 0) is 123 Å². The van der Waals surface area contributed by atoms with E-state index in [4.69, 9.17) is 0 Å². The van der Waals surface area contributed by atoms with E-state index in [1.165, 1.54) is 48.1 Å². The van der Waals surface area contributed by atoms with Gasteiger partial charge in [0.05, 0.1) is 0 Å². The van der Waals surface area contributed by atoms with Crippen LogP contribution in [0.25, 0.3) is 0 Å². The standard InChI is InChI=1S/C54H78O3S3/c1-31-37(28-58-34-22-40(49(4,5)6)46(55)41(23-34)50(7,8)9)32(2)39(30-60-36-26-44(53(16,17)18)48(57)45(27-36)54(19,20)21)33(3)38(31)29-59-35-24-42(51(10,11)12)47(56)43(25-35)52(13,14)15/h22-27,55-57H,28-30H2,1-21H3. The lowest BCUT2D eigenvalue weighted by Crippen LogP contribution is -2.17. The van der Waals surface area contributed by atoms with E-state index < -0.39 is 0 Å². The second-order valence-electron chi connectivity index (χ2n) is 23.3. The van der Waals surface area contributed by atoms with Crippen LogP contribution in [0.1, 0.15) is 191 Å². The molecule has 6 heteroatoms. The Bertz CT molecular complexity index is 1840. The van der Waals surface area contributed by atoms with E-state index in [2.05, 4.69) is 182 Å². The van der Waals surface area contributed by atoms with E-state index in [-0.39, 0.29) is 32.5 Å². The predicted octanol–water partition coefficient (Wildman–Crippen LogP) is 16.4. The summed E-state index contributed by atoms with van der Waals surface area (Å²) in [7, 11) is 0. The Kier molecular flexibility index (Phi) is 14.6. The van der Waals surface area contributed by atoms with Gasteiger partial charge in [0.15, 0.2) is 0 Å². The number of phenolic OH excluding ortho intramolecular Hbond substituents is 3. The van der Waals surface area contributed by atoms with Crippen molar-refractivity contribution in [1.29, 1.82) is 0 Å². The van der Waals surface area contributed by atoms with Crippen molar-refractivity contribution in [2.75, 3.05) is 0 Å². The van der Waals surface area contributed by atoms with E-state index in [0.29, 0.717) is 17.2 Å². The fourth-order valence-electron chi connectivity index (χ4n) is 8.01. The van der Waals surface area contributed by atoms with Crippen molar-refractivity contribution in [3.8, 4) is 17.2 Å². The number of hydrogen-bond acceptors (Lipinski definition) is 6. The van der Waals surface area contributed by atoms with Gasteiger partial charge in [0.2, 0.25) is 0 Å². The quantitative estimate of drug-likeness (QED) is 0.146. The molecule has 4 aromatic carbocycles. The molecular weight excluding hydrogens is 793 g/mol. The zero-order valence-electron chi connectivity index (χ0n) is 41.2. The Morgan fingerprint density at radius 2 is 0.467 bits per heavy atom. The predicted molar refractivity (Wildman–Crippen MR) is 266 cm³/mol. The molecule has 0 spiro atoms. The van der Waals surface area contributed by atoms with Crippen LogP contribution in [-0.2, 0) is 49.7 Å². The van der Waals surface area contributed by atoms with Gasteiger partial charge in [-0.25, -0.2) is 0 Å². The SMILES string of the molecule is Cc1c(CSc2cc(C(C)(C)C)c(O)c(C(C)(C)C)c2)c(C)c(CSc2cc(C(C)(C)C)c(O)c(C(C)(C)C)c2)c(C)c1CSc1cc(C(C)(C)C)c(O)c(C(C)(C)C)c1. The molecule has 0 aromatic heterocycles. The van der Waals surface area contributed by atoms with Crippen molar-refractivity contribution in [2.24, 2.45) is 0 Å². The molecule has 3 N–H and O–H groups in total. The van der Waals surface area contributed by atoms with Gasteiger partial charge in [0.1, 0.15) is 17.2 Å². The van der Waals surface area contributed by atoms with Gasteiger partial charge in [-0.15, -0.1) is 35.3 Å². The smallest absolute Gasteiger partial charge is 0.123 e. The maximum Gasteiger partial charge on any atom is 0.123 e. The molecule has 0 unspecified atom stereocenters. The van der Waals surface area contributed by atoms with Crippen LogP contribution in [0.3, 0.4) is 0 Å². The number of hydrogen-bond donors (Lipinski definition) is 3. The second kappa shape index (κ2) is 17.5. The molecule has 330 valence electrons. The van der Waals surface area contributed by atoms with Gasteiger partial charge in [-0.2, -0.15) is 0 Å². The van der Waals surface area contributed by atoms with Crippen molar-refractivity contribution >= 4 is 35.3 Å². The summed E-state index contributed by atoms with van der Waals surface area (Å²) in [6.45, 7) is 46.1. The fraction of sp³-hybridized carbons (Fsp3) is 0.556. The average Bonchev–Trinajstić information content (AvgIpc) is 3.06. The number of benzene rings is 4. The molecule has 0 aliphatic carbocycles. The van der Waals surface area contributed by atoms with E-state index in [9.17, 15) is 15.3 Å². The van der Waals surface area contributed by atoms with Crippen molar-refractivity contribution in [2.45, 2.75) is 210 Å². The molecular formula is C54H78O3S3. The van der Waals surface area contributed by atoms with Crippen LogP contribution in [-0.4, -0.2) is 15.3 Å². The molecule has 0 saturated carbocycles. The van der Waals surface area contributed by atoms with Gasteiger partial charge in [0, 0.05) is 65.3 Å². The lowest BCUT2D eigenvalue weighted by molar-refractivity contribution is 0.421. The van der Waals surface area contributed by atoms with E-state index >= 15 is 0 Å². The Balaban J connectivity index is 1.89. The summed E-state index contributed by atoms with van der Waals surface area (Å²) >= 11 is 5.59. The van der Waals surface area contributed by atoms with Crippen molar-refractivity contribution in [1.82, 2.24) is 0 Å². The van der Waals surface area contributed by atoms with Crippen LogP contribution >= 0.6 is 35.3 Å². The van der Waals surface area contributed by atoms with Gasteiger partial charge in [-0.3, -0.25) is 0 Å². The molecule has 0 radical (unpaired) electrons. The first-order valence-corrected chi connectivity index (χ1v) is 24.6. The van der Waals surface area contributed by atoms with E-state index in [0.717, 1.165) is 50.6 Å². The molecule has 0 bridgehead atoms. The maximum atomic E-state index is 11.5. The first-order chi connectivity index (χ1) is 27.0. The van der Waals surface area contributed by atoms with E-state index in [1.807, 2.05) is 35.3 Å². The maximum absolute atomic E-state index is 11.5. The first-order valence-electron chi connectivity index (χ1n) is 21.7. The highest BCUT2D eigenvalue weighted by atomic mass is 32.2. The van der Waals surface area contributed by atoms with Crippen LogP contribution in [0.5, 0.6) is 17.2 Å². The molecule has 0 aliphatic rings. The molecule has 0 heterocycles. The largest absolute Gasteiger partial charge is 0.507 e. The molecule has 0 fully saturated rings. The van der Waals surface area contributed by atoms with Gasteiger partial charge in [-0.1, -0.05) is 125 Å². The summed E-state index contributed by atoms with van der Waals surface area (Å²) in [6.07, 6.45) is 0. The Labute approximate surface area is 378 Å². The lowest BCUT2D eigenvalue weighted by atomic mass is 9.79. The normalized spacial score (nSPS) is 13.3. The minimum atomic E-state index is -0.201. The summed E-state index contributed by atoms with van der Waals surface area (Å²) in [4.78, 5) is 3.53. The topological polar surface area (TPSA) is 60.7 Å². The van der Waals surface area contributed by atoms with Crippen LogP contribution in [0, 0.1) is 20.8 Å². The highest BCUT2D eigenvalue weighted by Gasteiger charge is 2.30. The monoisotopic (exact) mass is 871 g/mol. The zero-order chi connectivity index (χ0) is 45.9. The molecule has 4 aromatic rings. The molecule has 0 atom stereocenters. The summed E-state index contributed by atoms with van der Waals surface area (Å²) in [6, 6.07) is 13.2. The average molecular weight is 871 g/mol. The third kappa shape index (κ3) is 11.3. The van der Waals surface area contributed by atoms with Gasteiger partial charge >= 0.3 is 0 Å². The summed E-state index contributed by atoms with van der Waals surface area (Å²) in [5, 5.41) is 34.5. The number of phenols is 3. The third-order valence-corrected chi connectivity index (χ3v) is 15.0. The summed E-state index contributed by atoms with van der Waals surface area (Å²) in [5.41, 5.74) is 12.8. The number of aromatic hydroxyl groups is 3. The van der Waals surface area contributed by atoms with E-state index in [1.54, 1.807) is 0 Å². The number of rotatable bonds is 9. The van der Waals surface area contributed by atoms with Crippen LogP contribution < -0.4 is 0 Å². The Morgan fingerprint density at radius 3 is 0.600 bits per heavy atom. The summed E-state index contributed by atoms with van der Waals surface area (Å²) in [5.74, 6) is 3.68. The summed E-state index contributed by atoms with van der Waals surface area (Å²) < 4.78 is 0. The first kappa shape index (κ1) is 50.0. The Morgan fingerprint density at radius 1 is 0.317 bits per heavy atom. The molecule has 3 nitrogen and oxygen atoms in total. The van der Waals surface area contributed by atoms with Gasteiger partial charge in [0.25, 0.3) is 0 Å². The van der Waals surface area contributed by atoms with Crippen molar-refractivity contribution in [3.05, 3.63) is 103 Å². The lowest BCUT2D eigenvalue weighted by Gasteiger charge is -2.29. The molecule has 0 amide bonds. The van der Waals surface area contributed by atoms with Crippen molar-refractivity contribution < 1.29 is 15.3 Å². The Hall–Kier alpha value is -2.67. The molecule has 4 rings (SSSR count). The van der Waals surface area contributed by atoms with Crippen LogP contribution in [0.4, 0.5) is 0 Å². The zero-order valence-corrected chi connectivity index (χ0v) is 43.6. The fourth-order valence-corrected chi connectivity index (χ4v) is 11.4. The number of thioether (sulfide) groups is 3. The highest BCUT2D eigenvalue weighted by molar-refractivity contribution is 7.99. The molecule has 60 heavy (non-hydrogen) atoms. The van der Waals surface area contributed by atoms with Crippen LogP contribution in [0.2, 0.25) is 0 Å². The molecule has 0 aliphatic heterocycles. The third-order valence-electron chi connectivity index (χ3n) is 12.0. The second-order valence-corrected chi connectivity index (χ2v) is 26.4. The molecule has 0 saturated heterocycles.